The highest BCUT2D eigenvalue weighted by Gasteiger charge is 2.10. The molecule has 0 spiro atoms. The van der Waals surface area contributed by atoms with Crippen molar-refractivity contribution in [1.29, 1.82) is 0 Å². The van der Waals surface area contributed by atoms with Gasteiger partial charge in [0, 0.05) is 6.42 Å². The molecule has 0 fully saturated rings. The molecule has 0 amide bonds. The third kappa shape index (κ3) is 4.67. The molecule has 0 rings (SSSR count). The fraction of sp³-hybridized carbons (Fsp3) is 0.750. The number of aliphatic hydroxyl groups is 1. The molecule has 0 aromatic rings. The maximum atomic E-state index is 10.7. The number of aliphatic hydroxyl groups excluding tert-OH is 1. The van der Waals surface area contributed by atoms with Gasteiger partial charge in [0.1, 0.15) is 6.61 Å². The lowest BCUT2D eigenvalue weighted by Gasteiger charge is -1.95. The van der Waals surface area contributed by atoms with Gasteiger partial charge in [0.05, 0.1) is 0 Å². The molecule has 0 heterocycles. The number of ketones is 2. The van der Waals surface area contributed by atoms with Crippen LogP contribution in [0.3, 0.4) is 0 Å². The van der Waals surface area contributed by atoms with E-state index in [1.54, 1.807) is 0 Å². The van der Waals surface area contributed by atoms with E-state index in [-0.39, 0.29) is 6.42 Å². The monoisotopic (exact) mass is 158 g/mol. The van der Waals surface area contributed by atoms with Crippen molar-refractivity contribution in [3.63, 3.8) is 0 Å². The SMILES string of the molecule is CCCCCC(=O)C(=O)CO. The van der Waals surface area contributed by atoms with Crippen molar-refractivity contribution in [1.82, 2.24) is 0 Å². The number of hydrogen-bond donors (Lipinski definition) is 1. The molecule has 0 atom stereocenters. The Labute approximate surface area is 66.4 Å². The molecular formula is C8H14O3. The molecule has 0 aromatic carbocycles. The summed E-state index contributed by atoms with van der Waals surface area (Å²) < 4.78 is 0. The van der Waals surface area contributed by atoms with Crippen LogP contribution < -0.4 is 0 Å². The van der Waals surface area contributed by atoms with Crippen LogP contribution in [0.2, 0.25) is 0 Å². The third-order valence-electron chi connectivity index (χ3n) is 1.46. The predicted octanol–water partition coefficient (Wildman–Crippen LogP) is 0.697. The van der Waals surface area contributed by atoms with Crippen molar-refractivity contribution >= 4 is 11.6 Å². The third-order valence-corrected chi connectivity index (χ3v) is 1.46. The lowest BCUT2D eigenvalue weighted by atomic mass is 10.1. The minimum absolute atomic E-state index is 0.285. The normalized spacial score (nSPS) is 9.64. The second-order valence-electron chi connectivity index (χ2n) is 2.46. The first-order chi connectivity index (χ1) is 5.22. The predicted molar refractivity (Wildman–Crippen MR) is 41.2 cm³/mol. The van der Waals surface area contributed by atoms with E-state index in [0.717, 1.165) is 19.3 Å². The van der Waals surface area contributed by atoms with Gasteiger partial charge in [-0.3, -0.25) is 9.59 Å². The number of rotatable bonds is 6. The average molecular weight is 158 g/mol. The lowest BCUT2D eigenvalue weighted by molar-refractivity contribution is -0.138. The number of unbranched alkanes of at least 4 members (excludes halogenated alkanes) is 2. The van der Waals surface area contributed by atoms with Crippen LogP contribution in [-0.4, -0.2) is 23.3 Å². The molecular weight excluding hydrogens is 144 g/mol. The summed E-state index contributed by atoms with van der Waals surface area (Å²) in [7, 11) is 0. The van der Waals surface area contributed by atoms with E-state index in [2.05, 4.69) is 0 Å². The van der Waals surface area contributed by atoms with Gasteiger partial charge in [-0.15, -0.1) is 0 Å². The van der Waals surface area contributed by atoms with Gasteiger partial charge >= 0.3 is 0 Å². The fourth-order valence-corrected chi connectivity index (χ4v) is 0.763. The van der Waals surface area contributed by atoms with Crippen LogP contribution in [0.5, 0.6) is 0 Å². The van der Waals surface area contributed by atoms with Crippen LogP contribution in [0.15, 0.2) is 0 Å². The molecule has 64 valence electrons. The summed E-state index contributed by atoms with van der Waals surface area (Å²) in [6, 6.07) is 0. The molecule has 0 unspecified atom stereocenters. The molecule has 0 aromatic heterocycles. The van der Waals surface area contributed by atoms with E-state index < -0.39 is 18.2 Å². The topological polar surface area (TPSA) is 54.4 Å². The number of carbonyl (C=O) groups excluding carboxylic acids is 2. The summed E-state index contributed by atoms with van der Waals surface area (Å²) in [6.07, 6.45) is 3.03. The molecule has 3 heteroatoms. The summed E-state index contributed by atoms with van der Waals surface area (Å²) in [5.41, 5.74) is 0. The zero-order chi connectivity index (χ0) is 8.69. The standard InChI is InChI=1S/C8H14O3/c1-2-3-4-5-7(10)8(11)6-9/h9H,2-6H2,1H3. The molecule has 0 aliphatic rings. The molecule has 0 saturated heterocycles. The van der Waals surface area contributed by atoms with Crippen LogP contribution in [-0.2, 0) is 9.59 Å². The van der Waals surface area contributed by atoms with Gasteiger partial charge in [-0.2, -0.15) is 0 Å². The van der Waals surface area contributed by atoms with Crippen LogP contribution in [0.4, 0.5) is 0 Å². The molecule has 1 N–H and O–H groups in total. The summed E-state index contributed by atoms with van der Waals surface area (Å²) in [4.78, 5) is 21.2. The number of hydrogen-bond acceptors (Lipinski definition) is 3. The molecule has 0 radical (unpaired) electrons. The van der Waals surface area contributed by atoms with Crippen molar-refractivity contribution < 1.29 is 14.7 Å². The Morgan fingerprint density at radius 1 is 1.18 bits per heavy atom. The van der Waals surface area contributed by atoms with Gasteiger partial charge in [0.25, 0.3) is 0 Å². The first-order valence-corrected chi connectivity index (χ1v) is 3.89. The highest BCUT2D eigenvalue weighted by Crippen LogP contribution is 1.99. The van der Waals surface area contributed by atoms with E-state index in [4.69, 9.17) is 5.11 Å². The van der Waals surface area contributed by atoms with Gasteiger partial charge in [-0.05, 0) is 6.42 Å². The second-order valence-corrected chi connectivity index (χ2v) is 2.46. The highest BCUT2D eigenvalue weighted by molar-refractivity contribution is 6.37. The lowest BCUT2D eigenvalue weighted by Crippen LogP contribution is -2.16. The molecule has 3 nitrogen and oxygen atoms in total. The average Bonchev–Trinajstić information content (AvgIpc) is 2.03. The Morgan fingerprint density at radius 2 is 1.82 bits per heavy atom. The Morgan fingerprint density at radius 3 is 2.27 bits per heavy atom. The summed E-state index contributed by atoms with van der Waals surface area (Å²) in [5.74, 6) is -1.11. The van der Waals surface area contributed by atoms with Crippen LogP contribution in [0, 0.1) is 0 Å². The first kappa shape index (κ1) is 10.3. The number of carbonyl (C=O) groups is 2. The molecule has 11 heavy (non-hydrogen) atoms. The zero-order valence-corrected chi connectivity index (χ0v) is 6.80. The van der Waals surface area contributed by atoms with Gasteiger partial charge in [-0.25, -0.2) is 0 Å². The van der Waals surface area contributed by atoms with Crippen molar-refractivity contribution in [3.05, 3.63) is 0 Å². The van der Waals surface area contributed by atoms with Gasteiger partial charge in [-0.1, -0.05) is 19.8 Å². The van der Waals surface area contributed by atoms with Gasteiger partial charge in [0.2, 0.25) is 11.6 Å². The largest absolute Gasteiger partial charge is 0.388 e. The molecule has 0 bridgehead atoms. The Bertz CT molecular complexity index is 140. The highest BCUT2D eigenvalue weighted by atomic mass is 16.3. The smallest absolute Gasteiger partial charge is 0.223 e. The minimum Gasteiger partial charge on any atom is -0.388 e. The van der Waals surface area contributed by atoms with E-state index in [0.29, 0.717) is 0 Å². The Balaban J connectivity index is 3.44. The van der Waals surface area contributed by atoms with E-state index in [1.807, 2.05) is 6.92 Å². The summed E-state index contributed by atoms with van der Waals surface area (Å²) in [6.45, 7) is 1.38. The summed E-state index contributed by atoms with van der Waals surface area (Å²) in [5, 5.41) is 8.29. The fourth-order valence-electron chi connectivity index (χ4n) is 0.763. The number of Topliss-reactive ketones (excluding diaryl/α,β-unsaturated/α-hetero) is 2. The van der Waals surface area contributed by atoms with Crippen molar-refractivity contribution in [2.75, 3.05) is 6.61 Å². The molecule has 0 aliphatic carbocycles. The van der Waals surface area contributed by atoms with Gasteiger partial charge < -0.3 is 5.11 Å². The van der Waals surface area contributed by atoms with Gasteiger partial charge in [0.15, 0.2) is 0 Å². The summed E-state index contributed by atoms with van der Waals surface area (Å²) >= 11 is 0. The maximum Gasteiger partial charge on any atom is 0.223 e. The quantitative estimate of drug-likeness (QED) is 0.457. The van der Waals surface area contributed by atoms with Crippen LogP contribution >= 0.6 is 0 Å². The Kier molecular flexibility index (Phi) is 5.65. The molecule has 0 saturated carbocycles. The first-order valence-electron chi connectivity index (χ1n) is 3.89. The zero-order valence-electron chi connectivity index (χ0n) is 6.80. The van der Waals surface area contributed by atoms with Crippen molar-refractivity contribution in [3.8, 4) is 0 Å². The minimum atomic E-state index is -0.666. The second kappa shape index (κ2) is 6.04. The van der Waals surface area contributed by atoms with E-state index >= 15 is 0 Å². The van der Waals surface area contributed by atoms with E-state index in [9.17, 15) is 9.59 Å². The van der Waals surface area contributed by atoms with Crippen LogP contribution in [0.25, 0.3) is 0 Å². The van der Waals surface area contributed by atoms with Crippen LogP contribution in [0.1, 0.15) is 32.6 Å². The van der Waals surface area contributed by atoms with Crippen molar-refractivity contribution in [2.45, 2.75) is 32.6 Å². The maximum absolute atomic E-state index is 10.7. The van der Waals surface area contributed by atoms with E-state index in [1.165, 1.54) is 0 Å². The van der Waals surface area contributed by atoms with Crippen molar-refractivity contribution in [2.24, 2.45) is 0 Å². The molecule has 0 aliphatic heterocycles. The Hall–Kier alpha value is -0.700.